The zero-order valence-corrected chi connectivity index (χ0v) is 11.6. The molecular formula is C19H10N2O. The molecule has 0 amide bonds. The van der Waals surface area contributed by atoms with E-state index in [2.05, 4.69) is 29.3 Å². The quantitative estimate of drug-likeness (QED) is 0.430. The summed E-state index contributed by atoms with van der Waals surface area (Å²) in [6, 6.07) is 20.1. The van der Waals surface area contributed by atoms with Crippen LogP contribution in [0.4, 0.5) is 0 Å². The molecule has 22 heavy (non-hydrogen) atoms. The topological polar surface area (TPSA) is 52.7 Å². The molecule has 5 aromatic rings. The molecule has 2 aromatic heterocycles. The molecule has 1 N–H and O–H groups in total. The van der Waals surface area contributed by atoms with Crippen molar-refractivity contribution in [3.05, 3.63) is 60.2 Å². The number of benzene rings is 3. The number of aromatic amines is 1. The van der Waals surface area contributed by atoms with E-state index in [1.165, 1.54) is 0 Å². The van der Waals surface area contributed by atoms with Crippen LogP contribution in [0, 0.1) is 11.3 Å². The minimum absolute atomic E-state index is 0.654. The lowest BCUT2D eigenvalue weighted by Gasteiger charge is -1.94. The van der Waals surface area contributed by atoms with Crippen LogP contribution in [0.25, 0.3) is 43.7 Å². The smallest absolute Gasteiger partial charge is 0.145 e. The first-order chi connectivity index (χ1) is 10.8. The Morgan fingerprint density at radius 2 is 1.73 bits per heavy atom. The lowest BCUT2D eigenvalue weighted by Crippen LogP contribution is -1.73. The molecule has 0 radical (unpaired) electrons. The number of rotatable bonds is 0. The van der Waals surface area contributed by atoms with Crippen molar-refractivity contribution >= 4 is 43.7 Å². The number of fused-ring (bicyclic) bond motifs is 7. The molecule has 2 heterocycles. The van der Waals surface area contributed by atoms with Crippen LogP contribution in [0.5, 0.6) is 0 Å². The number of furan rings is 1. The molecule has 102 valence electrons. The monoisotopic (exact) mass is 282 g/mol. The number of nitrogens with zero attached hydrogens (tertiary/aromatic N) is 1. The molecule has 0 aliphatic carbocycles. The fourth-order valence-electron chi connectivity index (χ4n) is 3.24. The first-order valence-corrected chi connectivity index (χ1v) is 7.11. The highest BCUT2D eigenvalue weighted by atomic mass is 16.3. The average Bonchev–Trinajstić information content (AvgIpc) is 3.11. The number of hydrogen-bond acceptors (Lipinski definition) is 2. The summed E-state index contributed by atoms with van der Waals surface area (Å²) in [4.78, 5) is 3.40. The zero-order valence-electron chi connectivity index (χ0n) is 11.6. The van der Waals surface area contributed by atoms with Crippen LogP contribution >= 0.6 is 0 Å². The van der Waals surface area contributed by atoms with Crippen LogP contribution in [-0.4, -0.2) is 4.98 Å². The maximum Gasteiger partial charge on any atom is 0.145 e. The van der Waals surface area contributed by atoms with Gasteiger partial charge >= 0.3 is 0 Å². The van der Waals surface area contributed by atoms with Gasteiger partial charge in [-0.15, -0.1) is 0 Å². The molecule has 0 saturated heterocycles. The normalized spacial score (nSPS) is 11.6. The van der Waals surface area contributed by atoms with Crippen molar-refractivity contribution in [1.29, 1.82) is 5.26 Å². The second-order valence-corrected chi connectivity index (χ2v) is 5.46. The van der Waals surface area contributed by atoms with Gasteiger partial charge in [-0.3, -0.25) is 0 Å². The van der Waals surface area contributed by atoms with E-state index in [0.29, 0.717) is 5.56 Å². The van der Waals surface area contributed by atoms with Crippen molar-refractivity contribution in [2.75, 3.05) is 0 Å². The van der Waals surface area contributed by atoms with Crippen LogP contribution in [0.2, 0.25) is 0 Å². The number of nitrogens with one attached hydrogen (secondary N) is 1. The van der Waals surface area contributed by atoms with Crippen LogP contribution in [0.15, 0.2) is 59.0 Å². The number of nitriles is 1. The molecule has 3 heteroatoms. The average molecular weight is 282 g/mol. The van der Waals surface area contributed by atoms with Crippen molar-refractivity contribution in [3.8, 4) is 6.07 Å². The predicted octanol–water partition coefficient (Wildman–Crippen LogP) is 5.09. The van der Waals surface area contributed by atoms with E-state index in [1.807, 2.05) is 36.4 Å². The first-order valence-electron chi connectivity index (χ1n) is 7.11. The Morgan fingerprint density at radius 1 is 0.864 bits per heavy atom. The minimum Gasteiger partial charge on any atom is -0.455 e. The van der Waals surface area contributed by atoms with Gasteiger partial charge in [0.05, 0.1) is 22.5 Å². The molecule has 0 spiro atoms. The zero-order chi connectivity index (χ0) is 14.7. The Morgan fingerprint density at radius 3 is 2.64 bits per heavy atom. The third-order valence-electron chi connectivity index (χ3n) is 4.23. The number of aromatic nitrogens is 1. The van der Waals surface area contributed by atoms with Gasteiger partial charge in [0.2, 0.25) is 0 Å². The summed E-state index contributed by atoms with van der Waals surface area (Å²) in [5.41, 5.74) is 4.45. The second kappa shape index (κ2) is 3.90. The van der Waals surface area contributed by atoms with Gasteiger partial charge in [0.15, 0.2) is 0 Å². The summed E-state index contributed by atoms with van der Waals surface area (Å²) in [7, 11) is 0. The molecule has 3 aromatic carbocycles. The molecule has 3 nitrogen and oxygen atoms in total. The van der Waals surface area contributed by atoms with E-state index in [0.717, 1.165) is 43.7 Å². The SMILES string of the molecule is N#Cc1ccc2[nH]c3ccc4c5ccccc5oc4c3c2c1. The maximum atomic E-state index is 9.15. The van der Waals surface area contributed by atoms with E-state index in [9.17, 15) is 0 Å². The van der Waals surface area contributed by atoms with E-state index in [4.69, 9.17) is 9.68 Å². The highest BCUT2D eigenvalue weighted by Crippen LogP contribution is 2.37. The van der Waals surface area contributed by atoms with Crippen molar-refractivity contribution in [3.63, 3.8) is 0 Å². The van der Waals surface area contributed by atoms with Crippen LogP contribution < -0.4 is 0 Å². The van der Waals surface area contributed by atoms with Crippen LogP contribution in [0.3, 0.4) is 0 Å². The van der Waals surface area contributed by atoms with Crippen molar-refractivity contribution in [1.82, 2.24) is 4.98 Å². The van der Waals surface area contributed by atoms with Gasteiger partial charge in [0, 0.05) is 21.7 Å². The van der Waals surface area contributed by atoms with Gasteiger partial charge in [-0.05, 0) is 36.4 Å². The van der Waals surface area contributed by atoms with Crippen molar-refractivity contribution in [2.45, 2.75) is 0 Å². The summed E-state index contributed by atoms with van der Waals surface area (Å²) in [5, 5.41) is 13.4. The first kappa shape index (κ1) is 11.4. The molecule has 0 saturated carbocycles. The number of hydrogen-bond donors (Lipinski definition) is 1. The fraction of sp³-hybridized carbons (Fsp3) is 0. The molecule has 0 bridgehead atoms. The Bertz CT molecular complexity index is 1230. The highest BCUT2D eigenvalue weighted by molar-refractivity contribution is 6.23. The molecule has 5 rings (SSSR count). The summed E-state index contributed by atoms with van der Waals surface area (Å²) < 4.78 is 6.10. The van der Waals surface area contributed by atoms with E-state index >= 15 is 0 Å². The fourth-order valence-corrected chi connectivity index (χ4v) is 3.24. The molecule has 0 aliphatic heterocycles. The Balaban J connectivity index is 2.08. The number of para-hydroxylation sites is 1. The van der Waals surface area contributed by atoms with E-state index < -0.39 is 0 Å². The molecule has 0 atom stereocenters. The minimum atomic E-state index is 0.654. The Hall–Kier alpha value is -3.25. The summed E-state index contributed by atoms with van der Waals surface area (Å²) >= 11 is 0. The van der Waals surface area contributed by atoms with Crippen molar-refractivity contribution in [2.24, 2.45) is 0 Å². The Kier molecular flexibility index (Phi) is 2.02. The second-order valence-electron chi connectivity index (χ2n) is 5.46. The standard InChI is InChI=1S/C19H10N2O/c20-10-11-5-7-15-14(9-11)18-16(21-15)8-6-13-12-3-1-2-4-17(12)22-19(13)18/h1-9,21H. The van der Waals surface area contributed by atoms with Gasteiger partial charge in [-0.1, -0.05) is 18.2 Å². The highest BCUT2D eigenvalue weighted by Gasteiger charge is 2.14. The van der Waals surface area contributed by atoms with E-state index in [1.54, 1.807) is 0 Å². The number of H-pyrrole nitrogens is 1. The third-order valence-corrected chi connectivity index (χ3v) is 4.23. The summed E-state index contributed by atoms with van der Waals surface area (Å²) in [5.74, 6) is 0. The molecule has 0 unspecified atom stereocenters. The molecule has 0 aliphatic rings. The lowest BCUT2D eigenvalue weighted by molar-refractivity contribution is 0.673. The van der Waals surface area contributed by atoms with Gasteiger partial charge in [0.1, 0.15) is 11.2 Å². The lowest BCUT2D eigenvalue weighted by atomic mass is 10.1. The molecular weight excluding hydrogens is 272 g/mol. The Labute approximate surface area is 125 Å². The molecule has 0 fully saturated rings. The largest absolute Gasteiger partial charge is 0.455 e. The van der Waals surface area contributed by atoms with Gasteiger partial charge in [0.25, 0.3) is 0 Å². The van der Waals surface area contributed by atoms with Gasteiger partial charge in [-0.25, -0.2) is 0 Å². The van der Waals surface area contributed by atoms with Crippen molar-refractivity contribution < 1.29 is 4.42 Å². The van der Waals surface area contributed by atoms with Gasteiger partial charge in [-0.2, -0.15) is 5.26 Å². The maximum absolute atomic E-state index is 9.15. The van der Waals surface area contributed by atoms with Gasteiger partial charge < -0.3 is 9.40 Å². The third kappa shape index (κ3) is 1.34. The summed E-state index contributed by atoms with van der Waals surface area (Å²) in [6.07, 6.45) is 0. The van der Waals surface area contributed by atoms with Crippen LogP contribution in [-0.2, 0) is 0 Å². The van der Waals surface area contributed by atoms with E-state index in [-0.39, 0.29) is 0 Å². The van der Waals surface area contributed by atoms with Crippen LogP contribution in [0.1, 0.15) is 5.56 Å². The summed E-state index contributed by atoms with van der Waals surface area (Å²) in [6.45, 7) is 0. The predicted molar refractivity (Wildman–Crippen MR) is 87.8 cm³/mol.